The molecule has 0 aromatic heterocycles. The normalized spacial score (nSPS) is 30.0. The van der Waals surface area contributed by atoms with Crippen LogP contribution < -0.4 is 4.74 Å². The second-order valence-electron chi connectivity index (χ2n) is 8.17. The molecule has 2 aliphatic carbocycles. The Hall–Kier alpha value is -1.05. The van der Waals surface area contributed by atoms with Crippen molar-refractivity contribution in [3.8, 4) is 5.75 Å². The first-order valence-electron chi connectivity index (χ1n) is 10.0. The summed E-state index contributed by atoms with van der Waals surface area (Å²) >= 11 is 0. The third-order valence-electron chi connectivity index (χ3n) is 6.58. The fourth-order valence-corrected chi connectivity index (χ4v) is 5.25. The Morgan fingerprint density at radius 2 is 1.67 bits per heavy atom. The number of fused-ring (bicyclic) bond motifs is 1. The molecule has 0 aliphatic heterocycles. The molecule has 2 heteroatoms. The minimum Gasteiger partial charge on any atom is -0.494 e. The van der Waals surface area contributed by atoms with Crippen LogP contribution in [0.2, 0.25) is 0 Å². The Kier molecular flexibility index (Phi) is 6.19. The summed E-state index contributed by atoms with van der Waals surface area (Å²) in [6.07, 6.45) is 13.7. The molecule has 0 bridgehead atoms. The van der Waals surface area contributed by atoms with E-state index < -0.39 is 0 Å². The molecule has 0 saturated heterocycles. The van der Waals surface area contributed by atoms with Crippen LogP contribution in [0.25, 0.3) is 0 Å². The van der Waals surface area contributed by atoms with Gasteiger partial charge in [0.15, 0.2) is 11.6 Å². The SMILES string of the molecule is CCCC1CCC2CC(CCc3ccc(OC)c(F)c3)CCC2C1. The van der Waals surface area contributed by atoms with Gasteiger partial charge in [0, 0.05) is 0 Å². The molecule has 1 nitrogen and oxygen atoms in total. The molecule has 3 rings (SSSR count). The maximum atomic E-state index is 13.8. The number of halogens is 1. The molecule has 1 aromatic rings. The van der Waals surface area contributed by atoms with E-state index >= 15 is 0 Å². The van der Waals surface area contributed by atoms with E-state index in [0.717, 1.165) is 35.7 Å². The first-order valence-corrected chi connectivity index (χ1v) is 10.0. The van der Waals surface area contributed by atoms with Gasteiger partial charge in [-0.15, -0.1) is 0 Å². The summed E-state index contributed by atoms with van der Waals surface area (Å²) in [6.45, 7) is 2.32. The summed E-state index contributed by atoms with van der Waals surface area (Å²) < 4.78 is 18.8. The van der Waals surface area contributed by atoms with E-state index in [1.807, 2.05) is 6.07 Å². The van der Waals surface area contributed by atoms with Gasteiger partial charge < -0.3 is 4.74 Å². The highest BCUT2D eigenvalue weighted by Gasteiger charge is 2.34. The lowest BCUT2D eigenvalue weighted by Gasteiger charge is -2.42. The average Bonchev–Trinajstić information content (AvgIpc) is 2.60. The number of rotatable bonds is 6. The van der Waals surface area contributed by atoms with Gasteiger partial charge in [0.25, 0.3) is 0 Å². The Morgan fingerprint density at radius 3 is 2.25 bits per heavy atom. The van der Waals surface area contributed by atoms with Gasteiger partial charge in [0.05, 0.1) is 7.11 Å². The summed E-state index contributed by atoms with van der Waals surface area (Å²) in [5, 5.41) is 0. The van der Waals surface area contributed by atoms with Crippen molar-refractivity contribution in [2.24, 2.45) is 23.7 Å². The molecule has 2 aliphatic rings. The van der Waals surface area contributed by atoms with Crippen molar-refractivity contribution < 1.29 is 9.13 Å². The van der Waals surface area contributed by atoms with Crippen LogP contribution in [0.4, 0.5) is 4.39 Å². The quantitative estimate of drug-likeness (QED) is 0.585. The molecule has 4 atom stereocenters. The van der Waals surface area contributed by atoms with Crippen molar-refractivity contribution in [2.75, 3.05) is 7.11 Å². The number of methoxy groups -OCH3 is 1. The lowest BCUT2D eigenvalue weighted by atomic mass is 9.63. The largest absolute Gasteiger partial charge is 0.494 e. The molecule has 0 N–H and O–H groups in total. The molecule has 1 aromatic carbocycles. The molecule has 24 heavy (non-hydrogen) atoms. The van der Waals surface area contributed by atoms with Crippen LogP contribution in [0.15, 0.2) is 18.2 Å². The van der Waals surface area contributed by atoms with Crippen LogP contribution in [-0.2, 0) is 6.42 Å². The molecule has 0 radical (unpaired) electrons. The minimum atomic E-state index is -0.229. The Morgan fingerprint density at radius 1 is 1.00 bits per heavy atom. The van der Waals surface area contributed by atoms with Crippen LogP contribution in [0, 0.1) is 29.5 Å². The van der Waals surface area contributed by atoms with Crippen molar-refractivity contribution in [3.05, 3.63) is 29.6 Å². The highest BCUT2D eigenvalue weighted by molar-refractivity contribution is 5.29. The van der Waals surface area contributed by atoms with Crippen LogP contribution in [0.3, 0.4) is 0 Å². The molecule has 0 amide bonds. The first-order chi connectivity index (χ1) is 11.7. The lowest BCUT2D eigenvalue weighted by molar-refractivity contribution is 0.0921. The van der Waals surface area contributed by atoms with Gasteiger partial charge in [-0.3, -0.25) is 0 Å². The molecule has 0 spiro atoms. The Bertz CT molecular complexity index is 527. The molecular formula is C22H33FO. The fourth-order valence-electron chi connectivity index (χ4n) is 5.25. The molecule has 0 heterocycles. The Labute approximate surface area is 147 Å². The van der Waals surface area contributed by atoms with E-state index in [1.54, 1.807) is 12.1 Å². The van der Waals surface area contributed by atoms with Crippen molar-refractivity contribution >= 4 is 0 Å². The van der Waals surface area contributed by atoms with Crippen LogP contribution in [0.5, 0.6) is 5.75 Å². The number of benzene rings is 1. The van der Waals surface area contributed by atoms with Gasteiger partial charge in [0.2, 0.25) is 0 Å². The van der Waals surface area contributed by atoms with Gasteiger partial charge >= 0.3 is 0 Å². The van der Waals surface area contributed by atoms with E-state index in [-0.39, 0.29) is 5.82 Å². The second kappa shape index (κ2) is 8.36. The first kappa shape index (κ1) is 17.8. The molecule has 2 saturated carbocycles. The third-order valence-corrected chi connectivity index (χ3v) is 6.58. The van der Waals surface area contributed by atoms with E-state index in [1.165, 1.54) is 64.9 Å². The third kappa shape index (κ3) is 4.32. The van der Waals surface area contributed by atoms with Gasteiger partial charge in [0.1, 0.15) is 0 Å². The molecule has 134 valence electrons. The van der Waals surface area contributed by atoms with Crippen LogP contribution >= 0.6 is 0 Å². The topological polar surface area (TPSA) is 9.23 Å². The summed E-state index contributed by atoms with van der Waals surface area (Å²) in [4.78, 5) is 0. The second-order valence-corrected chi connectivity index (χ2v) is 8.17. The molecular weight excluding hydrogens is 299 g/mol. The summed E-state index contributed by atoms with van der Waals surface area (Å²) in [6, 6.07) is 5.43. The van der Waals surface area contributed by atoms with Crippen molar-refractivity contribution in [3.63, 3.8) is 0 Å². The van der Waals surface area contributed by atoms with Gasteiger partial charge in [-0.2, -0.15) is 0 Å². The highest BCUT2D eigenvalue weighted by Crippen LogP contribution is 2.46. The summed E-state index contributed by atoms with van der Waals surface area (Å²) in [5.74, 6) is 3.96. The predicted octanol–water partition coefficient (Wildman–Crippen LogP) is 6.40. The van der Waals surface area contributed by atoms with Crippen LogP contribution in [0.1, 0.15) is 70.3 Å². The highest BCUT2D eigenvalue weighted by atomic mass is 19.1. The number of hydrogen-bond acceptors (Lipinski definition) is 1. The van der Waals surface area contributed by atoms with E-state index in [0.29, 0.717) is 5.75 Å². The predicted molar refractivity (Wildman–Crippen MR) is 97.8 cm³/mol. The van der Waals surface area contributed by atoms with E-state index in [4.69, 9.17) is 4.74 Å². The number of aryl methyl sites for hydroxylation is 1. The van der Waals surface area contributed by atoms with Crippen molar-refractivity contribution in [1.29, 1.82) is 0 Å². The maximum Gasteiger partial charge on any atom is 0.165 e. The average molecular weight is 333 g/mol. The monoisotopic (exact) mass is 332 g/mol. The van der Waals surface area contributed by atoms with E-state index in [2.05, 4.69) is 6.92 Å². The van der Waals surface area contributed by atoms with Gasteiger partial charge in [-0.05, 0) is 79.9 Å². The standard InChI is InChI=1S/C22H33FO/c1-3-4-16-7-10-20-14-17(8-11-19(20)13-16)5-6-18-9-12-22(24-2)21(23)15-18/h9,12,15-17,19-20H,3-8,10-11,13-14H2,1-2H3. The number of hydrogen-bond donors (Lipinski definition) is 0. The van der Waals surface area contributed by atoms with E-state index in [9.17, 15) is 4.39 Å². The van der Waals surface area contributed by atoms with Crippen LogP contribution in [-0.4, -0.2) is 7.11 Å². The molecule has 2 fully saturated rings. The molecule has 4 unspecified atom stereocenters. The zero-order valence-corrected chi connectivity index (χ0v) is 15.4. The summed E-state index contributed by atoms with van der Waals surface area (Å²) in [7, 11) is 1.52. The zero-order valence-electron chi connectivity index (χ0n) is 15.4. The van der Waals surface area contributed by atoms with Crippen molar-refractivity contribution in [1.82, 2.24) is 0 Å². The van der Waals surface area contributed by atoms with Gasteiger partial charge in [-0.1, -0.05) is 38.7 Å². The van der Waals surface area contributed by atoms with Gasteiger partial charge in [-0.25, -0.2) is 4.39 Å². The zero-order chi connectivity index (χ0) is 16.9. The fraction of sp³-hybridized carbons (Fsp3) is 0.727. The Balaban J connectivity index is 1.47. The number of ether oxygens (including phenoxy) is 1. The van der Waals surface area contributed by atoms with Crippen molar-refractivity contribution in [2.45, 2.75) is 71.1 Å². The smallest absolute Gasteiger partial charge is 0.165 e. The maximum absolute atomic E-state index is 13.8. The lowest BCUT2D eigenvalue weighted by Crippen LogP contribution is -2.31. The minimum absolute atomic E-state index is 0.229. The summed E-state index contributed by atoms with van der Waals surface area (Å²) in [5.41, 5.74) is 1.11.